The van der Waals surface area contributed by atoms with E-state index >= 15 is 0 Å². The van der Waals surface area contributed by atoms with E-state index in [4.69, 9.17) is 0 Å². The zero-order valence-corrected chi connectivity index (χ0v) is 11.6. The molecule has 0 atom stereocenters. The molecule has 0 saturated heterocycles. The van der Waals surface area contributed by atoms with Crippen LogP contribution in [0.1, 0.15) is 51.1 Å². The summed E-state index contributed by atoms with van der Waals surface area (Å²) in [4.78, 5) is 0. The van der Waals surface area contributed by atoms with Gasteiger partial charge in [-0.2, -0.15) is 0 Å². The maximum atomic E-state index is 3.62. The molecule has 2 nitrogen and oxygen atoms in total. The first-order chi connectivity index (χ1) is 7.41. The first-order valence-electron chi connectivity index (χ1n) is 6.32. The summed E-state index contributed by atoms with van der Waals surface area (Å²) in [7, 11) is 0. The average molecular weight is 222 g/mol. The van der Waals surface area contributed by atoms with Crippen molar-refractivity contribution >= 4 is 0 Å². The summed E-state index contributed by atoms with van der Waals surface area (Å²) in [6, 6.07) is 2.30. The second kappa shape index (κ2) is 5.05. The lowest BCUT2D eigenvalue weighted by atomic mass is 10.0. The lowest BCUT2D eigenvalue weighted by molar-refractivity contribution is 0.374. The van der Waals surface area contributed by atoms with Gasteiger partial charge < -0.3 is 9.88 Å². The summed E-state index contributed by atoms with van der Waals surface area (Å²) in [5, 5.41) is 3.62. The van der Waals surface area contributed by atoms with E-state index in [1.165, 1.54) is 17.0 Å². The van der Waals surface area contributed by atoms with E-state index in [-0.39, 0.29) is 5.54 Å². The van der Waals surface area contributed by atoms with E-state index in [0.717, 1.165) is 19.5 Å². The van der Waals surface area contributed by atoms with Gasteiger partial charge in [0.15, 0.2) is 0 Å². The molecule has 1 N–H and O–H groups in total. The van der Waals surface area contributed by atoms with Crippen molar-refractivity contribution < 1.29 is 0 Å². The van der Waals surface area contributed by atoms with Crippen molar-refractivity contribution in [2.24, 2.45) is 0 Å². The molecule has 0 bridgehead atoms. The third-order valence-corrected chi connectivity index (χ3v) is 3.64. The number of hydrogen-bond donors (Lipinski definition) is 1. The normalized spacial score (nSPS) is 12.1. The second-order valence-electron chi connectivity index (χ2n) is 5.23. The van der Waals surface area contributed by atoms with Crippen molar-refractivity contribution in [3.05, 3.63) is 23.0 Å². The van der Waals surface area contributed by atoms with Gasteiger partial charge in [-0.15, -0.1) is 0 Å². The van der Waals surface area contributed by atoms with Crippen LogP contribution in [0.15, 0.2) is 6.07 Å². The lowest BCUT2D eigenvalue weighted by Gasteiger charge is -2.24. The van der Waals surface area contributed by atoms with Crippen LogP contribution in [0, 0.1) is 13.8 Å². The van der Waals surface area contributed by atoms with Gasteiger partial charge in [0, 0.05) is 30.0 Å². The number of nitrogens with one attached hydrogen (secondary N) is 1. The second-order valence-corrected chi connectivity index (χ2v) is 5.23. The first kappa shape index (κ1) is 13.3. The number of aryl methyl sites for hydroxylation is 1. The van der Waals surface area contributed by atoms with Gasteiger partial charge in [-0.1, -0.05) is 6.92 Å². The Bertz CT molecular complexity index is 348. The molecule has 1 aromatic rings. The summed E-state index contributed by atoms with van der Waals surface area (Å²) in [6.07, 6.45) is 1.15. The van der Waals surface area contributed by atoms with Gasteiger partial charge in [-0.3, -0.25) is 0 Å². The van der Waals surface area contributed by atoms with Crippen LogP contribution < -0.4 is 5.32 Å². The van der Waals surface area contributed by atoms with Gasteiger partial charge in [0.1, 0.15) is 0 Å². The molecule has 1 rings (SSSR count). The molecule has 0 aliphatic rings. The molecule has 0 aromatic carbocycles. The highest BCUT2D eigenvalue weighted by Crippen LogP contribution is 2.16. The predicted octanol–water partition coefficient (Wildman–Crippen LogP) is 3.40. The Morgan fingerprint density at radius 1 is 1.25 bits per heavy atom. The van der Waals surface area contributed by atoms with Crippen LogP contribution in [-0.4, -0.2) is 10.1 Å². The molecule has 0 aliphatic heterocycles. The minimum Gasteiger partial charge on any atom is -0.349 e. The van der Waals surface area contributed by atoms with E-state index in [0.29, 0.717) is 0 Å². The van der Waals surface area contributed by atoms with E-state index in [1.807, 2.05) is 0 Å². The molecule has 2 heteroatoms. The number of rotatable bonds is 5. The predicted molar refractivity (Wildman–Crippen MR) is 70.8 cm³/mol. The SMILES string of the molecule is CCn1c(C)cc(CNC(C)(C)CC)c1C. The van der Waals surface area contributed by atoms with Crippen LogP contribution in [0.5, 0.6) is 0 Å². The third-order valence-electron chi connectivity index (χ3n) is 3.64. The van der Waals surface area contributed by atoms with Gasteiger partial charge in [0.2, 0.25) is 0 Å². The molecule has 0 unspecified atom stereocenters. The Balaban J connectivity index is 2.75. The Morgan fingerprint density at radius 3 is 2.31 bits per heavy atom. The fourth-order valence-corrected chi connectivity index (χ4v) is 2.00. The van der Waals surface area contributed by atoms with Gasteiger partial charge in [-0.25, -0.2) is 0 Å². The van der Waals surface area contributed by atoms with E-state index in [1.54, 1.807) is 0 Å². The van der Waals surface area contributed by atoms with Crippen LogP contribution in [-0.2, 0) is 13.1 Å². The largest absolute Gasteiger partial charge is 0.349 e. The maximum Gasteiger partial charge on any atom is 0.0228 e. The van der Waals surface area contributed by atoms with E-state index in [9.17, 15) is 0 Å². The number of aromatic nitrogens is 1. The highest BCUT2D eigenvalue weighted by molar-refractivity contribution is 5.26. The highest BCUT2D eigenvalue weighted by Gasteiger charge is 2.15. The monoisotopic (exact) mass is 222 g/mol. The summed E-state index contributed by atoms with van der Waals surface area (Å²) in [5.41, 5.74) is 4.43. The van der Waals surface area contributed by atoms with Crippen molar-refractivity contribution in [1.82, 2.24) is 9.88 Å². The highest BCUT2D eigenvalue weighted by atomic mass is 15.0. The molecule has 92 valence electrons. The van der Waals surface area contributed by atoms with Crippen LogP contribution in [0.4, 0.5) is 0 Å². The Hall–Kier alpha value is -0.760. The van der Waals surface area contributed by atoms with E-state index in [2.05, 4.69) is 57.5 Å². The molecule has 1 heterocycles. The molecule has 0 amide bonds. The smallest absolute Gasteiger partial charge is 0.0228 e. The quantitative estimate of drug-likeness (QED) is 0.808. The van der Waals surface area contributed by atoms with Gasteiger partial charge in [0.05, 0.1) is 0 Å². The molecule has 0 spiro atoms. The number of nitrogens with zero attached hydrogens (tertiary/aromatic N) is 1. The number of hydrogen-bond acceptors (Lipinski definition) is 1. The van der Waals surface area contributed by atoms with Crippen LogP contribution >= 0.6 is 0 Å². The Morgan fingerprint density at radius 2 is 1.88 bits per heavy atom. The van der Waals surface area contributed by atoms with Crippen LogP contribution in [0.3, 0.4) is 0 Å². The Kier molecular flexibility index (Phi) is 4.20. The fraction of sp³-hybridized carbons (Fsp3) is 0.714. The zero-order valence-electron chi connectivity index (χ0n) is 11.6. The van der Waals surface area contributed by atoms with Crippen molar-refractivity contribution in [3.8, 4) is 0 Å². The summed E-state index contributed by atoms with van der Waals surface area (Å²) >= 11 is 0. The summed E-state index contributed by atoms with van der Waals surface area (Å²) in [6.45, 7) is 15.4. The van der Waals surface area contributed by atoms with Crippen molar-refractivity contribution in [2.75, 3.05) is 0 Å². The molecule has 0 fully saturated rings. The average Bonchev–Trinajstić information content (AvgIpc) is 2.51. The van der Waals surface area contributed by atoms with Gasteiger partial charge >= 0.3 is 0 Å². The molecule has 1 aromatic heterocycles. The van der Waals surface area contributed by atoms with Crippen LogP contribution in [0.2, 0.25) is 0 Å². The lowest BCUT2D eigenvalue weighted by Crippen LogP contribution is -2.37. The van der Waals surface area contributed by atoms with Crippen molar-refractivity contribution in [1.29, 1.82) is 0 Å². The maximum absolute atomic E-state index is 3.62. The first-order valence-corrected chi connectivity index (χ1v) is 6.32. The molecule has 0 aliphatic carbocycles. The molecule has 0 saturated carbocycles. The molecule has 0 radical (unpaired) electrons. The van der Waals surface area contributed by atoms with Crippen molar-refractivity contribution in [3.63, 3.8) is 0 Å². The summed E-state index contributed by atoms with van der Waals surface area (Å²) in [5.74, 6) is 0. The fourth-order valence-electron chi connectivity index (χ4n) is 2.00. The summed E-state index contributed by atoms with van der Waals surface area (Å²) < 4.78 is 2.37. The standard InChI is InChI=1S/C14H26N2/c1-7-14(5,6)15-10-13-9-11(3)16(8-2)12(13)4/h9,15H,7-8,10H2,1-6H3. The topological polar surface area (TPSA) is 17.0 Å². The molecule has 16 heavy (non-hydrogen) atoms. The van der Waals surface area contributed by atoms with Crippen LogP contribution in [0.25, 0.3) is 0 Å². The van der Waals surface area contributed by atoms with Crippen molar-refractivity contribution in [2.45, 2.75) is 66.6 Å². The minimum absolute atomic E-state index is 0.231. The minimum atomic E-state index is 0.231. The van der Waals surface area contributed by atoms with Gasteiger partial charge in [0.25, 0.3) is 0 Å². The third kappa shape index (κ3) is 2.88. The van der Waals surface area contributed by atoms with E-state index < -0.39 is 0 Å². The molecular formula is C14H26N2. The van der Waals surface area contributed by atoms with Gasteiger partial charge in [-0.05, 0) is 52.7 Å². The molecular weight excluding hydrogens is 196 g/mol. The zero-order chi connectivity index (χ0) is 12.3. The Labute approximate surface area is 100 Å².